The number of hydrogen-bond donors (Lipinski definition) is 2. The third kappa shape index (κ3) is 2.33. The Morgan fingerprint density at radius 2 is 2.12 bits per heavy atom. The zero-order chi connectivity index (χ0) is 12.5. The molecular formula is C13H19N3O. The molecule has 0 fully saturated rings. The number of rotatable bonds is 4. The second-order valence-corrected chi connectivity index (χ2v) is 4.66. The molecule has 2 rings (SSSR count). The van der Waals surface area contributed by atoms with E-state index in [0.29, 0.717) is 6.42 Å². The molecule has 1 heterocycles. The van der Waals surface area contributed by atoms with Gasteiger partial charge < -0.3 is 10.8 Å². The summed E-state index contributed by atoms with van der Waals surface area (Å²) in [5.74, 6) is 0. The first-order valence-electron chi connectivity index (χ1n) is 5.94. The van der Waals surface area contributed by atoms with Gasteiger partial charge in [-0.05, 0) is 19.9 Å². The van der Waals surface area contributed by atoms with Gasteiger partial charge >= 0.3 is 0 Å². The molecule has 92 valence electrons. The fourth-order valence-corrected chi connectivity index (χ4v) is 2.00. The number of aliphatic hydroxyl groups is 1. The molecule has 17 heavy (non-hydrogen) atoms. The zero-order valence-corrected chi connectivity index (χ0v) is 10.3. The molecule has 1 aromatic carbocycles. The van der Waals surface area contributed by atoms with Crippen molar-refractivity contribution in [1.29, 1.82) is 0 Å². The molecule has 0 saturated carbocycles. The highest BCUT2D eigenvalue weighted by atomic mass is 16.3. The molecule has 0 radical (unpaired) electrons. The summed E-state index contributed by atoms with van der Waals surface area (Å²) in [7, 11) is 0. The maximum atomic E-state index is 10.0. The Kier molecular flexibility index (Phi) is 3.17. The molecule has 1 aromatic heterocycles. The van der Waals surface area contributed by atoms with Crippen molar-refractivity contribution in [1.82, 2.24) is 9.78 Å². The molecule has 4 nitrogen and oxygen atoms in total. The summed E-state index contributed by atoms with van der Waals surface area (Å²) in [5.41, 5.74) is 6.68. The van der Waals surface area contributed by atoms with Gasteiger partial charge in [0.25, 0.3) is 0 Å². The predicted octanol–water partition coefficient (Wildman–Crippen LogP) is 1.31. The Labute approximate surface area is 101 Å². The van der Waals surface area contributed by atoms with Crippen molar-refractivity contribution in [3.8, 4) is 0 Å². The smallest absolute Gasteiger partial charge is 0.0797 e. The summed E-state index contributed by atoms with van der Waals surface area (Å²) in [6.07, 6.45) is 0.483. The minimum absolute atomic E-state index is 0.236. The monoisotopic (exact) mass is 233 g/mol. The van der Waals surface area contributed by atoms with E-state index in [-0.39, 0.29) is 6.54 Å². The lowest BCUT2D eigenvalue weighted by Crippen LogP contribution is -2.36. The van der Waals surface area contributed by atoms with Gasteiger partial charge in [0.1, 0.15) is 0 Å². The minimum atomic E-state index is -0.893. The van der Waals surface area contributed by atoms with Crippen LogP contribution in [0.3, 0.4) is 0 Å². The normalized spacial score (nSPS) is 15.1. The average molecular weight is 233 g/mol. The summed E-state index contributed by atoms with van der Waals surface area (Å²) in [6, 6.07) is 8.08. The fourth-order valence-electron chi connectivity index (χ4n) is 2.00. The molecule has 1 unspecified atom stereocenters. The molecule has 0 aliphatic carbocycles. The second kappa shape index (κ2) is 4.47. The largest absolute Gasteiger partial charge is 0.388 e. The lowest BCUT2D eigenvalue weighted by molar-refractivity contribution is 0.0688. The molecule has 0 bridgehead atoms. The lowest BCUT2D eigenvalue weighted by Gasteiger charge is -2.19. The summed E-state index contributed by atoms with van der Waals surface area (Å²) < 4.78 is 1.96. The van der Waals surface area contributed by atoms with Crippen LogP contribution in [0, 0.1) is 0 Å². The first kappa shape index (κ1) is 12.1. The molecule has 0 aliphatic rings. The van der Waals surface area contributed by atoms with Gasteiger partial charge in [-0.3, -0.25) is 4.68 Å². The van der Waals surface area contributed by atoms with Crippen molar-refractivity contribution in [3.05, 3.63) is 30.0 Å². The number of hydrogen-bond acceptors (Lipinski definition) is 3. The van der Waals surface area contributed by atoms with Crippen LogP contribution in [0.4, 0.5) is 0 Å². The van der Waals surface area contributed by atoms with E-state index in [2.05, 4.69) is 12.0 Å². The topological polar surface area (TPSA) is 64.1 Å². The van der Waals surface area contributed by atoms with Crippen LogP contribution in [0.25, 0.3) is 10.9 Å². The van der Waals surface area contributed by atoms with E-state index >= 15 is 0 Å². The van der Waals surface area contributed by atoms with Gasteiger partial charge in [-0.1, -0.05) is 18.2 Å². The minimum Gasteiger partial charge on any atom is -0.388 e. The first-order chi connectivity index (χ1) is 8.07. The average Bonchev–Trinajstić information content (AvgIpc) is 2.67. The molecule has 0 spiro atoms. The van der Waals surface area contributed by atoms with E-state index in [0.717, 1.165) is 23.1 Å². The Morgan fingerprint density at radius 3 is 2.76 bits per heavy atom. The molecule has 1 atom stereocenters. The van der Waals surface area contributed by atoms with Gasteiger partial charge in [-0.2, -0.15) is 5.10 Å². The highest BCUT2D eigenvalue weighted by molar-refractivity contribution is 5.82. The number of nitrogens with two attached hydrogens (primary N) is 1. The van der Waals surface area contributed by atoms with Crippen molar-refractivity contribution < 1.29 is 5.11 Å². The molecule has 2 aromatic rings. The molecule has 4 heteroatoms. The Morgan fingerprint density at radius 1 is 1.41 bits per heavy atom. The number of aromatic nitrogens is 2. The van der Waals surface area contributed by atoms with Crippen LogP contribution in [-0.2, 0) is 13.0 Å². The number of benzene rings is 1. The van der Waals surface area contributed by atoms with Crippen LogP contribution in [0.2, 0.25) is 0 Å². The van der Waals surface area contributed by atoms with Crippen LogP contribution in [0.15, 0.2) is 24.3 Å². The van der Waals surface area contributed by atoms with E-state index in [1.54, 1.807) is 6.92 Å². The van der Waals surface area contributed by atoms with Crippen molar-refractivity contribution in [2.24, 2.45) is 5.73 Å². The third-order valence-corrected chi connectivity index (χ3v) is 3.02. The Bertz CT molecular complexity index is 516. The maximum absolute atomic E-state index is 10.0. The molecule has 0 saturated heterocycles. The van der Waals surface area contributed by atoms with Crippen molar-refractivity contribution in [2.45, 2.75) is 32.4 Å². The van der Waals surface area contributed by atoms with E-state index in [1.807, 2.05) is 28.9 Å². The van der Waals surface area contributed by atoms with Crippen molar-refractivity contribution in [2.75, 3.05) is 6.54 Å². The Balaban J connectivity index is 2.47. The maximum Gasteiger partial charge on any atom is 0.0797 e. The van der Waals surface area contributed by atoms with E-state index in [1.165, 1.54) is 0 Å². The first-order valence-corrected chi connectivity index (χ1v) is 5.94. The number of para-hydroxylation sites is 1. The van der Waals surface area contributed by atoms with E-state index < -0.39 is 5.60 Å². The number of aryl methyl sites for hydroxylation is 1. The molecule has 0 amide bonds. The standard InChI is InChI=1S/C13H19N3O/c1-3-16-12-7-5-4-6-10(12)11(15-16)8-13(2,17)9-14/h4-7,17H,3,8-9,14H2,1-2H3. The summed E-state index contributed by atoms with van der Waals surface area (Å²) >= 11 is 0. The zero-order valence-electron chi connectivity index (χ0n) is 10.3. The fraction of sp³-hybridized carbons (Fsp3) is 0.462. The lowest BCUT2D eigenvalue weighted by atomic mass is 9.99. The van der Waals surface area contributed by atoms with E-state index in [9.17, 15) is 5.11 Å². The highest BCUT2D eigenvalue weighted by Crippen LogP contribution is 2.22. The van der Waals surface area contributed by atoms with Gasteiger partial charge in [0.05, 0.1) is 16.8 Å². The van der Waals surface area contributed by atoms with Gasteiger partial charge in [-0.15, -0.1) is 0 Å². The van der Waals surface area contributed by atoms with Crippen LogP contribution < -0.4 is 5.73 Å². The van der Waals surface area contributed by atoms with Crippen LogP contribution >= 0.6 is 0 Å². The quantitative estimate of drug-likeness (QED) is 0.837. The second-order valence-electron chi connectivity index (χ2n) is 4.66. The van der Waals surface area contributed by atoms with Crippen LogP contribution in [0.5, 0.6) is 0 Å². The van der Waals surface area contributed by atoms with Gasteiger partial charge in [0.2, 0.25) is 0 Å². The SMILES string of the molecule is CCn1nc(CC(C)(O)CN)c2ccccc21. The summed E-state index contributed by atoms with van der Waals surface area (Å²) in [4.78, 5) is 0. The van der Waals surface area contributed by atoms with Gasteiger partial charge in [0, 0.05) is 24.9 Å². The summed E-state index contributed by atoms with van der Waals surface area (Å²) in [6.45, 7) is 4.86. The van der Waals surface area contributed by atoms with Crippen molar-refractivity contribution in [3.63, 3.8) is 0 Å². The van der Waals surface area contributed by atoms with Crippen LogP contribution in [-0.4, -0.2) is 27.0 Å². The predicted molar refractivity (Wildman–Crippen MR) is 68.8 cm³/mol. The Hall–Kier alpha value is -1.39. The summed E-state index contributed by atoms with van der Waals surface area (Å²) in [5, 5.41) is 15.7. The van der Waals surface area contributed by atoms with Gasteiger partial charge in [-0.25, -0.2) is 0 Å². The molecule has 3 N–H and O–H groups in total. The number of fused-ring (bicyclic) bond motifs is 1. The van der Waals surface area contributed by atoms with Crippen molar-refractivity contribution >= 4 is 10.9 Å². The number of nitrogens with zero attached hydrogens (tertiary/aromatic N) is 2. The molecule has 0 aliphatic heterocycles. The third-order valence-electron chi connectivity index (χ3n) is 3.02. The molecular weight excluding hydrogens is 214 g/mol. The highest BCUT2D eigenvalue weighted by Gasteiger charge is 2.22. The van der Waals surface area contributed by atoms with Crippen LogP contribution in [0.1, 0.15) is 19.5 Å². The van der Waals surface area contributed by atoms with Gasteiger partial charge in [0.15, 0.2) is 0 Å². The van der Waals surface area contributed by atoms with E-state index in [4.69, 9.17) is 5.73 Å².